The molecule has 0 unspecified atom stereocenters. The molecular weight excluding hydrogens is 314 g/mol. The summed E-state index contributed by atoms with van der Waals surface area (Å²) < 4.78 is 23.7. The largest absolute Gasteiger partial charge is 0.347 e. The molecule has 1 amide bonds. The zero-order valence-electron chi connectivity index (χ0n) is 11.5. The second-order valence-corrected chi connectivity index (χ2v) is 7.12. The minimum atomic E-state index is -3.72. The van der Waals surface area contributed by atoms with Crippen LogP contribution in [0.1, 0.15) is 21.7 Å². The molecule has 0 aliphatic heterocycles. The number of halogens is 1. The number of rotatable bonds is 4. The lowest BCUT2D eigenvalue weighted by atomic mass is 10.2. The van der Waals surface area contributed by atoms with E-state index in [4.69, 9.17) is 10.7 Å². The Morgan fingerprint density at radius 1 is 1.33 bits per heavy atom. The Kier molecular flexibility index (Phi) is 4.34. The first kappa shape index (κ1) is 15.5. The van der Waals surface area contributed by atoms with E-state index < -0.39 is 9.05 Å². The fourth-order valence-electron chi connectivity index (χ4n) is 1.87. The molecule has 0 atom stereocenters. The van der Waals surface area contributed by atoms with Crippen LogP contribution in [0.25, 0.3) is 0 Å². The number of nitrogens with one attached hydrogen (secondary N) is 1. The predicted molar refractivity (Wildman–Crippen MR) is 78.6 cm³/mol. The molecule has 1 N–H and O–H groups in total. The van der Waals surface area contributed by atoms with Gasteiger partial charge in [0.05, 0.1) is 10.6 Å². The molecule has 0 aliphatic carbocycles. The zero-order chi connectivity index (χ0) is 15.6. The van der Waals surface area contributed by atoms with Gasteiger partial charge in [0.2, 0.25) is 0 Å². The average molecular weight is 328 g/mol. The number of hydrogen-bond donors (Lipinski definition) is 1. The van der Waals surface area contributed by atoms with Gasteiger partial charge in [-0.2, -0.15) is 5.10 Å². The summed E-state index contributed by atoms with van der Waals surface area (Å²) in [5, 5.41) is 6.85. The second-order valence-electron chi connectivity index (χ2n) is 4.56. The van der Waals surface area contributed by atoms with E-state index in [2.05, 4.69) is 10.4 Å². The van der Waals surface area contributed by atoms with Crippen LogP contribution in [-0.2, 0) is 22.6 Å². The molecule has 1 aromatic carbocycles. The van der Waals surface area contributed by atoms with E-state index in [9.17, 15) is 13.2 Å². The van der Waals surface area contributed by atoms with Crippen LogP contribution in [0.2, 0.25) is 0 Å². The molecule has 6 nitrogen and oxygen atoms in total. The van der Waals surface area contributed by atoms with Gasteiger partial charge in [-0.3, -0.25) is 9.48 Å². The molecule has 0 radical (unpaired) electrons. The highest BCUT2D eigenvalue weighted by Crippen LogP contribution is 2.15. The zero-order valence-corrected chi connectivity index (χ0v) is 13.1. The Balaban J connectivity index is 2.03. The molecule has 0 bridgehead atoms. The van der Waals surface area contributed by atoms with Crippen molar-refractivity contribution in [1.82, 2.24) is 15.1 Å². The fraction of sp³-hybridized carbons (Fsp3) is 0.231. The van der Waals surface area contributed by atoms with Crippen LogP contribution in [-0.4, -0.2) is 24.1 Å². The average Bonchev–Trinajstić information content (AvgIpc) is 2.74. The minimum Gasteiger partial charge on any atom is -0.347 e. The summed E-state index contributed by atoms with van der Waals surface area (Å²) in [6.07, 6.45) is 0. The number of nitrogens with zero attached hydrogens (tertiary/aromatic N) is 2. The maximum atomic E-state index is 12.0. The number of carbonyl (C=O) groups is 1. The summed E-state index contributed by atoms with van der Waals surface area (Å²) >= 11 is 0. The molecule has 2 aromatic rings. The third kappa shape index (κ3) is 3.83. The molecular formula is C13H14ClN3O3S. The van der Waals surface area contributed by atoms with Crippen LogP contribution in [0, 0.1) is 6.92 Å². The van der Waals surface area contributed by atoms with Crippen molar-refractivity contribution >= 4 is 25.6 Å². The van der Waals surface area contributed by atoms with Gasteiger partial charge in [-0.25, -0.2) is 8.42 Å². The summed E-state index contributed by atoms with van der Waals surface area (Å²) in [6, 6.07) is 7.70. The van der Waals surface area contributed by atoms with Crippen molar-refractivity contribution in [2.75, 3.05) is 0 Å². The monoisotopic (exact) mass is 327 g/mol. The summed E-state index contributed by atoms with van der Waals surface area (Å²) in [6.45, 7) is 2.09. The second kappa shape index (κ2) is 5.87. The molecule has 0 saturated heterocycles. The molecule has 0 aliphatic rings. The molecule has 0 spiro atoms. The maximum Gasteiger partial charge on any atom is 0.269 e. The van der Waals surface area contributed by atoms with Gasteiger partial charge in [0.15, 0.2) is 0 Å². The SMILES string of the molecule is Cc1cc(C(=O)NCc2ccc(S(=O)(=O)Cl)cc2)n(C)n1. The third-order valence-corrected chi connectivity index (χ3v) is 4.26. The van der Waals surface area contributed by atoms with Crippen LogP contribution < -0.4 is 5.32 Å². The van der Waals surface area contributed by atoms with Gasteiger partial charge < -0.3 is 5.32 Å². The Morgan fingerprint density at radius 2 is 1.95 bits per heavy atom. The van der Waals surface area contributed by atoms with Gasteiger partial charge in [-0.1, -0.05) is 12.1 Å². The highest BCUT2D eigenvalue weighted by Gasteiger charge is 2.12. The lowest BCUT2D eigenvalue weighted by molar-refractivity contribution is 0.0941. The number of aryl methyl sites for hydroxylation is 2. The van der Waals surface area contributed by atoms with Crippen molar-refractivity contribution in [3.63, 3.8) is 0 Å². The van der Waals surface area contributed by atoms with Crippen molar-refractivity contribution in [3.8, 4) is 0 Å². The van der Waals surface area contributed by atoms with Crippen molar-refractivity contribution in [1.29, 1.82) is 0 Å². The van der Waals surface area contributed by atoms with Crippen LogP contribution in [0.5, 0.6) is 0 Å². The van der Waals surface area contributed by atoms with Crippen molar-refractivity contribution < 1.29 is 13.2 Å². The predicted octanol–water partition coefficient (Wildman–Crippen LogP) is 1.59. The van der Waals surface area contributed by atoms with E-state index in [0.29, 0.717) is 5.69 Å². The Hall–Kier alpha value is -1.86. The molecule has 112 valence electrons. The summed E-state index contributed by atoms with van der Waals surface area (Å²) in [7, 11) is 3.20. The summed E-state index contributed by atoms with van der Waals surface area (Å²) in [5.74, 6) is -0.243. The van der Waals surface area contributed by atoms with E-state index in [1.807, 2.05) is 6.92 Å². The number of amides is 1. The van der Waals surface area contributed by atoms with E-state index in [-0.39, 0.29) is 17.3 Å². The molecule has 0 fully saturated rings. The fourth-order valence-corrected chi connectivity index (χ4v) is 2.64. The van der Waals surface area contributed by atoms with E-state index >= 15 is 0 Å². The smallest absolute Gasteiger partial charge is 0.269 e. The van der Waals surface area contributed by atoms with E-state index in [0.717, 1.165) is 11.3 Å². The van der Waals surface area contributed by atoms with Gasteiger partial charge in [0.1, 0.15) is 5.69 Å². The van der Waals surface area contributed by atoms with Crippen LogP contribution in [0.4, 0.5) is 0 Å². The van der Waals surface area contributed by atoms with Crippen LogP contribution in [0.3, 0.4) is 0 Å². The minimum absolute atomic E-state index is 0.0292. The van der Waals surface area contributed by atoms with Crippen LogP contribution >= 0.6 is 10.7 Å². The van der Waals surface area contributed by atoms with Gasteiger partial charge in [-0.05, 0) is 30.7 Å². The normalized spacial score (nSPS) is 11.4. The number of carbonyl (C=O) groups excluding carboxylic acids is 1. The summed E-state index contributed by atoms with van der Waals surface area (Å²) in [5.41, 5.74) is 2.00. The van der Waals surface area contributed by atoms with Gasteiger partial charge in [-0.15, -0.1) is 0 Å². The number of aromatic nitrogens is 2. The first-order valence-corrected chi connectivity index (χ1v) is 8.41. The van der Waals surface area contributed by atoms with Crippen LogP contribution in [0.15, 0.2) is 35.2 Å². The maximum absolute atomic E-state index is 12.0. The van der Waals surface area contributed by atoms with Crippen molar-refractivity contribution in [2.45, 2.75) is 18.4 Å². The molecule has 2 rings (SSSR count). The lowest BCUT2D eigenvalue weighted by Gasteiger charge is -2.06. The van der Waals surface area contributed by atoms with Crippen molar-refractivity contribution in [3.05, 3.63) is 47.3 Å². The third-order valence-electron chi connectivity index (χ3n) is 2.89. The summed E-state index contributed by atoms with van der Waals surface area (Å²) in [4.78, 5) is 12.0. The first-order chi connectivity index (χ1) is 9.77. The van der Waals surface area contributed by atoms with Gasteiger partial charge >= 0.3 is 0 Å². The Labute approximate surface area is 127 Å². The van der Waals surface area contributed by atoms with E-state index in [1.165, 1.54) is 16.8 Å². The molecule has 1 aromatic heterocycles. The quantitative estimate of drug-likeness (QED) is 0.865. The number of hydrogen-bond acceptors (Lipinski definition) is 4. The molecule has 1 heterocycles. The molecule has 21 heavy (non-hydrogen) atoms. The van der Waals surface area contributed by atoms with Crippen molar-refractivity contribution in [2.24, 2.45) is 7.05 Å². The van der Waals surface area contributed by atoms with Gasteiger partial charge in [0, 0.05) is 24.3 Å². The lowest BCUT2D eigenvalue weighted by Crippen LogP contribution is -2.25. The highest BCUT2D eigenvalue weighted by atomic mass is 35.7. The topological polar surface area (TPSA) is 81.1 Å². The number of benzene rings is 1. The first-order valence-electron chi connectivity index (χ1n) is 6.10. The standard InChI is InChI=1S/C13H14ClN3O3S/c1-9-7-12(17(2)16-9)13(18)15-8-10-3-5-11(6-4-10)21(14,19)20/h3-7H,8H2,1-2H3,(H,15,18). The van der Waals surface area contributed by atoms with Gasteiger partial charge in [0.25, 0.3) is 15.0 Å². The molecule has 0 saturated carbocycles. The molecule has 8 heteroatoms. The Morgan fingerprint density at radius 3 is 2.43 bits per heavy atom. The highest BCUT2D eigenvalue weighted by molar-refractivity contribution is 8.13. The Bertz CT molecular complexity index is 766. The van der Waals surface area contributed by atoms with E-state index in [1.54, 1.807) is 25.2 Å².